The van der Waals surface area contributed by atoms with Crippen LogP contribution in [0.3, 0.4) is 0 Å². The van der Waals surface area contributed by atoms with Gasteiger partial charge in [-0.05, 0) is 74.4 Å². The third-order valence-electron chi connectivity index (χ3n) is 10.9. The van der Waals surface area contributed by atoms with Crippen molar-refractivity contribution in [1.82, 2.24) is 40.4 Å². The first-order chi connectivity index (χ1) is 28.7. The minimum absolute atomic E-state index is 0.0694. The van der Waals surface area contributed by atoms with Crippen molar-refractivity contribution in [2.75, 3.05) is 41.5 Å². The lowest BCUT2D eigenvalue weighted by molar-refractivity contribution is -0.141. The molecule has 2 saturated heterocycles. The summed E-state index contributed by atoms with van der Waals surface area (Å²) in [5, 5.41) is 6.66. The van der Waals surface area contributed by atoms with Gasteiger partial charge in [-0.1, -0.05) is 24.1 Å². The van der Waals surface area contributed by atoms with E-state index in [0.29, 0.717) is 42.9 Å². The van der Waals surface area contributed by atoms with E-state index in [2.05, 4.69) is 47.1 Å². The minimum atomic E-state index is -4.84. The number of H-pyrrole nitrogens is 2. The van der Waals surface area contributed by atoms with Crippen molar-refractivity contribution < 1.29 is 51.3 Å². The van der Waals surface area contributed by atoms with E-state index < -0.39 is 66.0 Å². The summed E-state index contributed by atoms with van der Waals surface area (Å²) in [5.41, 5.74) is 0.348. The van der Waals surface area contributed by atoms with Crippen molar-refractivity contribution in [2.24, 2.45) is 0 Å². The zero-order valence-corrected chi connectivity index (χ0v) is 33.9. The smallest absolute Gasteiger partial charge is 0.436 e. The molecule has 16 nitrogen and oxygen atoms in total. The third-order valence-corrected chi connectivity index (χ3v) is 10.9. The van der Waals surface area contributed by atoms with Gasteiger partial charge in [0.1, 0.15) is 29.4 Å². The minimum Gasteiger partial charge on any atom is -0.453 e. The molecular weight excluding hydrogens is 789 g/mol. The van der Waals surface area contributed by atoms with Gasteiger partial charge >= 0.3 is 18.4 Å². The lowest BCUT2D eigenvalue weighted by atomic mass is 10.0. The van der Waals surface area contributed by atoms with Crippen molar-refractivity contribution in [2.45, 2.75) is 82.1 Å². The molecule has 19 heteroatoms. The molecule has 4 aromatic rings. The average Bonchev–Trinajstić information content (AvgIpc) is 4.09. The monoisotopic (exact) mass is 836 g/mol. The van der Waals surface area contributed by atoms with Crippen LogP contribution < -0.4 is 10.6 Å². The maximum absolute atomic E-state index is 14.3. The predicted molar refractivity (Wildman–Crippen MR) is 210 cm³/mol. The molecule has 2 aromatic carbocycles. The van der Waals surface area contributed by atoms with E-state index in [9.17, 15) is 32.3 Å². The summed E-state index contributed by atoms with van der Waals surface area (Å²) in [7, 11) is 5.20. The van der Waals surface area contributed by atoms with Gasteiger partial charge in [-0.15, -0.1) is 0 Å². The first kappa shape index (κ1) is 43.4. The molecule has 320 valence electrons. The summed E-state index contributed by atoms with van der Waals surface area (Å²) in [6.45, 7) is 3.98. The van der Waals surface area contributed by atoms with E-state index >= 15 is 0 Å². The number of halogens is 3. The Balaban J connectivity index is 1.20. The van der Waals surface area contributed by atoms with Gasteiger partial charge in [-0.25, -0.2) is 19.6 Å². The Hall–Kier alpha value is -6.13. The van der Waals surface area contributed by atoms with Gasteiger partial charge in [0.2, 0.25) is 11.8 Å². The summed E-state index contributed by atoms with van der Waals surface area (Å²) in [6.07, 6.45) is -3.87. The molecule has 4 heterocycles. The molecule has 6 rings (SSSR count). The van der Waals surface area contributed by atoms with Crippen LogP contribution in [-0.2, 0) is 34.7 Å². The predicted octanol–water partition coefficient (Wildman–Crippen LogP) is 5.22. The number of ether oxygens (including phenoxy) is 4. The number of alkyl carbamates (subject to hydrolysis) is 2. The number of carbonyl (C=O) groups excluding carboxylic acids is 4. The molecule has 0 radical (unpaired) electrons. The maximum atomic E-state index is 14.3. The van der Waals surface area contributed by atoms with Crippen molar-refractivity contribution >= 4 is 34.8 Å². The standard InChI is InChI=1S/C41H47F3N8O8/c1-22(57-3)32(48-39(55)59-5)37(53)51-17-7-9-30(51)35-45-21-29(47-35)27-15-14-25-19-24(11-13-26(25)20-27)12-16-28-34(41(42,43)44)50-36(46-28)31-10-8-18-52(31)38(54)33(23(2)58-4)49-40(56)60-6/h11,13-15,19-23,30-33H,7-10,17-18H2,1-6H3,(H,45,47)(H,46,50)(H,48,55)(H,49,56)/t22-,23-,30+,31+,32+,33+/m1/s1. The molecule has 0 saturated carbocycles. The zero-order valence-electron chi connectivity index (χ0n) is 33.9. The maximum Gasteiger partial charge on any atom is 0.436 e. The van der Waals surface area contributed by atoms with Gasteiger partial charge in [-0.3, -0.25) is 9.59 Å². The van der Waals surface area contributed by atoms with Crippen molar-refractivity contribution in [3.63, 3.8) is 0 Å². The van der Waals surface area contributed by atoms with Gasteiger partial charge in [0.25, 0.3) is 0 Å². The number of carbonyl (C=O) groups is 4. The number of likely N-dealkylation sites (tertiary alicyclic amines) is 2. The van der Waals surface area contributed by atoms with Crippen LogP contribution in [0.1, 0.15) is 80.2 Å². The molecule has 2 aliphatic rings. The number of fused-ring (bicyclic) bond motifs is 1. The molecule has 2 aromatic heterocycles. The number of aromatic amines is 2. The fourth-order valence-corrected chi connectivity index (χ4v) is 7.51. The molecule has 4 amide bonds. The van der Waals surface area contributed by atoms with Crippen LogP contribution >= 0.6 is 0 Å². The number of benzene rings is 2. The summed E-state index contributed by atoms with van der Waals surface area (Å²) in [6, 6.07) is 7.67. The van der Waals surface area contributed by atoms with Crippen LogP contribution in [0.25, 0.3) is 22.0 Å². The van der Waals surface area contributed by atoms with Crippen molar-refractivity contribution in [3.8, 4) is 23.1 Å². The fourth-order valence-electron chi connectivity index (χ4n) is 7.51. The largest absolute Gasteiger partial charge is 0.453 e. The van der Waals surface area contributed by atoms with Gasteiger partial charge < -0.3 is 49.3 Å². The van der Waals surface area contributed by atoms with Crippen LogP contribution in [-0.4, -0.2) is 120 Å². The summed E-state index contributed by atoms with van der Waals surface area (Å²) in [5.74, 6) is 5.11. The Bertz CT molecular complexity index is 2280. The van der Waals surface area contributed by atoms with Crippen LogP contribution in [0.2, 0.25) is 0 Å². The summed E-state index contributed by atoms with van der Waals surface area (Å²) >= 11 is 0. The lowest BCUT2D eigenvalue weighted by Crippen LogP contribution is -2.54. The van der Waals surface area contributed by atoms with Crippen LogP contribution in [0.5, 0.6) is 0 Å². The van der Waals surface area contributed by atoms with Gasteiger partial charge in [0, 0.05) is 38.4 Å². The Morgan fingerprint density at radius 3 is 1.88 bits per heavy atom. The number of hydrogen-bond donors (Lipinski definition) is 4. The molecule has 0 aliphatic carbocycles. The molecular formula is C41H47F3N8O8. The molecule has 0 bridgehead atoms. The molecule has 60 heavy (non-hydrogen) atoms. The van der Waals surface area contributed by atoms with E-state index in [1.165, 1.54) is 26.2 Å². The highest BCUT2D eigenvalue weighted by Crippen LogP contribution is 2.37. The number of hydrogen-bond acceptors (Lipinski definition) is 10. The van der Waals surface area contributed by atoms with Crippen molar-refractivity contribution in [3.05, 3.63) is 71.2 Å². The number of alkyl halides is 3. The van der Waals surface area contributed by atoms with Crippen molar-refractivity contribution in [1.29, 1.82) is 0 Å². The zero-order chi connectivity index (χ0) is 43.3. The number of methoxy groups -OCH3 is 4. The van der Waals surface area contributed by atoms with E-state index in [-0.39, 0.29) is 24.3 Å². The summed E-state index contributed by atoms with van der Waals surface area (Å²) < 4.78 is 62.9. The normalized spacial score (nSPS) is 18.6. The Kier molecular flexibility index (Phi) is 13.3. The number of rotatable bonds is 11. The highest BCUT2D eigenvalue weighted by Gasteiger charge is 2.43. The second kappa shape index (κ2) is 18.4. The quantitative estimate of drug-likeness (QED) is 0.146. The average molecular weight is 837 g/mol. The first-order valence-electron chi connectivity index (χ1n) is 19.3. The number of nitrogens with zero attached hydrogens (tertiary/aromatic N) is 4. The third kappa shape index (κ3) is 9.34. The molecule has 2 fully saturated rings. The molecule has 0 unspecified atom stereocenters. The van der Waals surface area contributed by atoms with E-state index in [1.54, 1.807) is 37.1 Å². The lowest BCUT2D eigenvalue weighted by Gasteiger charge is -2.30. The van der Waals surface area contributed by atoms with Crippen LogP contribution in [0, 0.1) is 11.8 Å². The van der Waals surface area contributed by atoms with E-state index in [4.69, 9.17) is 14.2 Å². The highest BCUT2D eigenvalue weighted by atomic mass is 19.4. The number of aromatic nitrogens is 4. The molecule has 6 atom stereocenters. The number of nitrogens with one attached hydrogen (secondary N) is 4. The van der Waals surface area contributed by atoms with Gasteiger partial charge in [0.05, 0.1) is 50.4 Å². The van der Waals surface area contributed by atoms with Gasteiger partial charge in [-0.2, -0.15) is 13.2 Å². The summed E-state index contributed by atoms with van der Waals surface area (Å²) in [4.78, 5) is 68.9. The Morgan fingerprint density at radius 1 is 0.783 bits per heavy atom. The van der Waals surface area contributed by atoms with E-state index in [1.807, 2.05) is 24.3 Å². The van der Waals surface area contributed by atoms with E-state index in [0.717, 1.165) is 29.9 Å². The highest BCUT2D eigenvalue weighted by molar-refractivity contribution is 5.89. The Morgan fingerprint density at radius 2 is 1.33 bits per heavy atom. The Labute approximate surface area is 343 Å². The SMILES string of the molecule is COC(=O)N[C@H](C(=O)N1CCC[C@H]1c1ncc(-c2ccc3cc(C#Cc4[nH]c([C@@H]5CCCN5C(=O)[C@@H](NC(=O)OC)[C@@H](C)OC)nc4C(F)(F)F)ccc3c2)[nH]1)[C@@H](C)OC. The molecule has 4 N–H and O–H groups in total. The van der Waals surface area contributed by atoms with Crippen LogP contribution in [0.4, 0.5) is 22.8 Å². The second-order valence-electron chi connectivity index (χ2n) is 14.5. The first-order valence-corrected chi connectivity index (χ1v) is 19.3. The fraction of sp³-hybridized carbons (Fsp3) is 0.463. The van der Waals surface area contributed by atoms with Gasteiger partial charge in [0.15, 0.2) is 5.69 Å². The molecule has 2 aliphatic heterocycles. The topological polar surface area (TPSA) is 193 Å². The number of imidazole rings is 2. The number of amides is 4. The second-order valence-corrected chi connectivity index (χ2v) is 14.5. The molecule has 0 spiro atoms. The van der Waals surface area contributed by atoms with Crippen LogP contribution in [0.15, 0.2) is 42.6 Å².